The molecule has 0 atom stereocenters. The number of hydrogen-bond acceptors (Lipinski definition) is 1. The van der Waals surface area contributed by atoms with E-state index in [1.807, 2.05) is 0 Å². The Balaban J connectivity index is 0.000000360. The Kier molecular flexibility index (Phi) is 3.99. The number of carbonyl (C=O) groups excluding carboxylic acids is 1. The normalized spacial score (nSPS) is 19.1. The van der Waals surface area contributed by atoms with Crippen molar-refractivity contribution in [1.82, 2.24) is 0 Å². The van der Waals surface area contributed by atoms with Gasteiger partial charge in [0.15, 0.2) is 0 Å². The number of carbonyl (C=O) groups is 1. The van der Waals surface area contributed by atoms with Crippen LogP contribution < -0.4 is 0 Å². The topological polar surface area (TPSA) is 17.1 Å². The minimum Gasteiger partial charge on any atom is -0.300 e. The zero-order valence-corrected chi connectivity index (χ0v) is 6.74. The van der Waals surface area contributed by atoms with Gasteiger partial charge in [0.25, 0.3) is 0 Å². The van der Waals surface area contributed by atoms with E-state index in [1.54, 1.807) is 0 Å². The van der Waals surface area contributed by atoms with Crippen LogP contribution in [0.5, 0.6) is 0 Å². The Labute approximate surface area is 65.8 Å². The van der Waals surface area contributed by atoms with E-state index < -0.39 is 0 Å². The van der Waals surface area contributed by atoms with Gasteiger partial charge >= 0.3 is 0 Å². The molecule has 0 heterocycles. The second-order valence-corrected chi connectivity index (χ2v) is 1.75. The Hall–Kier alpha value is 0.670. The van der Waals surface area contributed by atoms with Gasteiger partial charge in [0.05, 0.1) is 0 Å². The maximum absolute atomic E-state index is 10.2. The third-order valence-electron chi connectivity index (χ3n) is 1.16. The number of Topliss-reactive ketones (excluding diaryl/α,β-unsaturated/α-hetero) is 1. The summed E-state index contributed by atoms with van der Waals surface area (Å²) in [5.41, 5.74) is 0. The second kappa shape index (κ2) is 3.65. The van der Waals surface area contributed by atoms with Crippen LogP contribution in [0.2, 0.25) is 0 Å². The van der Waals surface area contributed by atoms with Gasteiger partial charge in [-0.05, 0) is 12.8 Å². The second-order valence-electron chi connectivity index (χ2n) is 1.75. The van der Waals surface area contributed by atoms with Crippen molar-refractivity contribution in [2.75, 3.05) is 0 Å². The van der Waals surface area contributed by atoms with Crippen LogP contribution in [0.15, 0.2) is 0 Å². The van der Waals surface area contributed by atoms with E-state index >= 15 is 0 Å². The molecule has 1 saturated carbocycles. The van der Waals surface area contributed by atoms with Crippen LogP contribution in [0.3, 0.4) is 0 Å². The molecule has 1 aliphatic carbocycles. The average molecular weight is 107 g/mol. The standard InChI is InChI=1S/C5H8O.Na/c6-5-3-1-2-4-5;/h1-4H2;. The van der Waals surface area contributed by atoms with Gasteiger partial charge in [0.2, 0.25) is 0 Å². The molecule has 2 heteroatoms. The first-order valence-corrected chi connectivity index (χ1v) is 2.41. The van der Waals surface area contributed by atoms with Crippen molar-refractivity contribution in [2.24, 2.45) is 0 Å². The smallest absolute Gasteiger partial charge is 0.132 e. The van der Waals surface area contributed by atoms with E-state index in [9.17, 15) is 4.79 Å². The van der Waals surface area contributed by atoms with Gasteiger partial charge in [-0.3, -0.25) is 4.79 Å². The van der Waals surface area contributed by atoms with Crippen molar-refractivity contribution in [2.45, 2.75) is 25.7 Å². The fourth-order valence-corrected chi connectivity index (χ4v) is 0.769. The predicted octanol–water partition coefficient (Wildman–Crippen LogP) is 0.749. The summed E-state index contributed by atoms with van der Waals surface area (Å²) in [5.74, 6) is 0.454. The summed E-state index contributed by atoms with van der Waals surface area (Å²) in [4.78, 5) is 10.2. The molecule has 1 aliphatic rings. The zero-order chi connectivity index (χ0) is 4.41. The summed E-state index contributed by atoms with van der Waals surface area (Å²) in [6.07, 6.45) is 3.97. The van der Waals surface area contributed by atoms with Crippen LogP contribution >= 0.6 is 0 Å². The van der Waals surface area contributed by atoms with Gasteiger partial charge in [-0.1, -0.05) is 0 Å². The van der Waals surface area contributed by atoms with E-state index in [2.05, 4.69) is 0 Å². The van der Waals surface area contributed by atoms with E-state index in [1.165, 1.54) is 0 Å². The molecule has 0 aromatic carbocycles. The van der Waals surface area contributed by atoms with Crippen molar-refractivity contribution in [3.8, 4) is 0 Å². The zero-order valence-electron chi connectivity index (χ0n) is 4.74. The molecule has 0 aromatic heterocycles. The molecule has 1 fully saturated rings. The number of rotatable bonds is 0. The summed E-state index contributed by atoms with van der Waals surface area (Å²) in [6, 6.07) is 0. The Morgan fingerprint density at radius 3 is 1.71 bits per heavy atom. The summed E-state index contributed by atoms with van der Waals surface area (Å²) in [6.45, 7) is 0. The molecule has 0 saturated heterocycles. The van der Waals surface area contributed by atoms with E-state index in [0.717, 1.165) is 25.7 Å². The summed E-state index contributed by atoms with van der Waals surface area (Å²) in [7, 11) is 0. The molecule has 35 valence electrons. The molecule has 0 spiro atoms. The molecular formula is C5H8NaO. The molecular weight excluding hydrogens is 99.0 g/mol. The van der Waals surface area contributed by atoms with Crippen molar-refractivity contribution in [3.05, 3.63) is 0 Å². The third-order valence-corrected chi connectivity index (χ3v) is 1.16. The van der Waals surface area contributed by atoms with E-state index in [-0.39, 0.29) is 29.6 Å². The minimum atomic E-state index is 0. The third kappa shape index (κ3) is 2.47. The molecule has 0 aromatic rings. The van der Waals surface area contributed by atoms with E-state index in [0.29, 0.717) is 5.78 Å². The predicted molar refractivity (Wildman–Crippen MR) is 29.2 cm³/mol. The summed E-state index contributed by atoms with van der Waals surface area (Å²) >= 11 is 0. The summed E-state index contributed by atoms with van der Waals surface area (Å²) < 4.78 is 0. The molecule has 0 N–H and O–H groups in total. The quantitative estimate of drug-likeness (QED) is 0.417. The van der Waals surface area contributed by atoms with E-state index in [4.69, 9.17) is 0 Å². The Morgan fingerprint density at radius 1 is 1.14 bits per heavy atom. The van der Waals surface area contributed by atoms with Crippen molar-refractivity contribution in [3.63, 3.8) is 0 Å². The Morgan fingerprint density at radius 2 is 1.57 bits per heavy atom. The fourth-order valence-electron chi connectivity index (χ4n) is 0.769. The molecule has 0 bridgehead atoms. The molecule has 0 amide bonds. The van der Waals surface area contributed by atoms with Crippen LogP contribution in [-0.2, 0) is 4.79 Å². The van der Waals surface area contributed by atoms with Crippen LogP contribution in [0.1, 0.15) is 25.7 Å². The van der Waals surface area contributed by atoms with Crippen LogP contribution in [0.25, 0.3) is 0 Å². The SMILES string of the molecule is O=C1CCCC1.[Na]. The summed E-state index contributed by atoms with van der Waals surface area (Å²) in [5, 5.41) is 0. The Bertz CT molecular complexity index is 62.5. The van der Waals surface area contributed by atoms with Crippen LogP contribution in [0.4, 0.5) is 0 Å². The molecule has 1 nitrogen and oxygen atoms in total. The van der Waals surface area contributed by atoms with Crippen molar-refractivity contribution < 1.29 is 4.79 Å². The maximum Gasteiger partial charge on any atom is 0.132 e. The molecule has 0 unspecified atom stereocenters. The average Bonchev–Trinajstić information content (AvgIpc) is 1.86. The van der Waals surface area contributed by atoms with Crippen LogP contribution in [-0.4, -0.2) is 35.3 Å². The molecule has 7 heavy (non-hydrogen) atoms. The largest absolute Gasteiger partial charge is 0.300 e. The molecule has 1 radical (unpaired) electrons. The fraction of sp³-hybridized carbons (Fsp3) is 0.800. The monoisotopic (exact) mass is 107 g/mol. The minimum absolute atomic E-state index is 0. The van der Waals surface area contributed by atoms with Crippen LogP contribution in [0, 0.1) is 0 Å². The number of ketones is 1. The first-order valence-electron chi connectivity index (χ1n) is 2.41. The van der Waals surface area contributed by atoms with Gasteiger partial charge in [-0.15, -0.1) is 0 Å². The van der Waals surface area contributed by atoms with Gasteiger partial charge in [0.1, 0.15) is 5.78 Å². The van der Waals surface area contributed by atoms with Gasteiger partial charge in [0, 0.05) is 42.4 Å². The van der Waals surface area contributed by atoms with Gasteiger partial charge in [-0.25, -0.2) is 0 Å². The van der Waals surface area contributed by atoms with Crippen molar-refractivity contribution in [1.29, 1.82) is 0 Å². The first-order chi connectivity index (χ1) is 2.89. The number of hydrogen-bond donors (Lipinski definition) is 0. The maximum atomic E-state index is 10.2. The van der Waals surface area contributed by atoms with Gasteiger partial charge < -0.3 is 0 Å². The molecule has 0 aliphatic heterocycles. The van der Waals surface area contributed by atoms with Crippen molar-refractivity contribution >= 4 is 35.3 Å². The first kappa shape index (κ1) is 7.67. The molecule has 1 rings (SSSR count). The van der Waals surface area contributed by atoms with Gasteiger partial charge in [-0.2, -0.15) is 0 Å².